The first kappa shape index (κ1) is 36.7. The van der Waals surface area contributed by atoms with Gasteiger partial charge in [0.25, 0.3) is 0 Å². The van der Waals surface area contributed by atoms with E-state index in [0.29, 0.717) is 12.2 Å². The highest BCUT2D eigenvalue weighted by atomic mass is 16.5. The van der Waals surface area contributed by atoms with E-state index in [-0.39, 0.29) is 25.0 Å². The zero-order valence-electron chi connectivity index (χ0n) is 31.3. The fourth-order valence-electron chi connectivity index (χ4n) is 7.21. The first-order valence-corrected chi connectivity index (χ1v) is 18.6. The second-order valence-electron chi connectivity index (χ2n) is 13.7. The number of ether oxygens (including phenoxy) is 1. The number of aromatic nitrogens is 3. The van der Waals surface area contributed by atoms with Crippen molar-refractivity contribution in [2.45, 2.75) is 45.7 Å². The van der Waals surface area contributed by atoms with Crippen molar-refractivity contribution in [2.75, 3.05) is 6.61 Å². The van der Waals surface area contributed by atoms with Crippen molar-refractivity contribution in [3.63, 3.8) is 0 Å². The lowest BCUT2D eigenvalue weighted by Gasteiger charge is -2.20. The SMILES string of the molecule is C/C=C\C1=C(C)c2ccccc2C1COC(=O)NC(Cc1ccc2ccccc2c1)C(=O)NCc1ncc(-c2ccccc2)[nH]1.Cc1c[nH]c2ccccc12. The first-order valence-electron chi connectivity index (χ1n) is 18.6. The Morgan fingerprint density at radius 3 is 2.44 bits per heavy atom. The highest BCUT2D eigenvalue weighted by molar-refractivity contribution is 5.87. The number of aromatic amines is 2. The number of para-hydroxylation sites is 1. The smallest absolute Gasteiger partial charge is 0.407 e. The molecule has 4 N–H and O–H groups in total. The summed E-state index contributed by atoms with van der Waals surface area (Å²) in [7, 11) is 0. The molecule has 0 radical (unpaired) electrons. The summed E-state index contributed by atoms with van der Waals surface area (Å²) in [6.07, 6.45) is 7.53. The van der Waals surface area contributed by atoms with Gasteiger partial charge in [0, 0.05) is 29.4 Å². The molecule has 8 rings (SSSR count). The van der Waals surface area contributed by atoms with Crippen LogP contribution in [0.25, 0.3) is 38.5 Å². The minimum absolute atomic E-state index is 0.0753. The van der Waals surface area contributed by atoms with E-state index < -0.39 is 12.1 Å². The number of nitrogens with one attached hydrogen (secondary N) is 4. The molecule has 2 heterocycles. The van der Waals surface area contributed by atoms with Crippen molar-refractivity contribution < 1.29 is 14.3 Å². The van der Waals surface area contributed by atoms with E-state index in [2.05, 4.69) is 75.8 Å². The number of carbonyl (C=O) groups is 2. The Labute approximate surface area is 321 Å². The van der Waals surface area contributed by atoms with Crippen LogP contribution in [0.15, 0.2) is 151 Å². The monoisotopic (exact) mass is 727 g/mol. The quantitative estimate of drug-likeness (QED) is 0.112. The second-order valence-corrected chi connectivity index (χ2v) is 13.7. The number of fused-ring (bicyclic) bond motifs is 3. The van der Waals surface area contributed by atoms with Crippen LogP contribution < -0.4 is 10.6 Å². The molecule has 2 unspecified atom stereocenters. The molecule has 0 aliphatic heterocycles. The zero-order chi connectivity index (χ0) is 38.1. The van der Waals surface area contributed by atoms with Gasteiger partial charge in [0.05, 0.1) is 18.4 Å². The number of carbonyl (C=O) groups excluding carboxylic acids is 2. The molecule has 2 aromatic heterocycles. The van der Waals surface area contributed by atoms with Crippen LogP contribution in [0.4, 0.5) is 4.79 Å². The predicted octanol–water partition coefficient (Wildman–Crippen LogP) is 9.81. The van der Waals surface area contributed by atoms with Crippen molar-refractivity contribution in [3.05, 3.63) is 180 Å². The number of imidazole rings is 1. The van der Waals surface area contributed by atoms with Gasteiger partial charge in [-0.3, -0.25) is 4.79 Å². The third kappa shape index (κ3) is 8.60. The molecule has 0 bridgehead atoms. The number of amides is 2. The summed E-state index contributed by atoms with van der Waals surface area (Å²) in [5.41, 5.74) is 9.95. The lowest BCUT2D eigenvalue weighted by molar-refractivity contribution is -0.123. The number of nitrogens with zero attached hydrogens (tertiary/aromatic N) is 1. The molecular weight excluding hydrogens is 683 g/mol. The molecule has 7 aromatic rings. The molecular formula is C47H45N5O3. The number of H-pyrrole nitrogens is 2. The first-order chi connectivity index (χ1) is 26.9. The molecule has 1 aliphatic carbocycles. The maximum absolute atomic E-state index is 13.6. The summed E-state index contributed by atoms with van der Waals surface area (Å²) in [4.78, 5) is 37.7. The van der Waals surface area contributed by atoms with Gasteiger partial charge in [-0.25, -0.2) is 9.78 Å². The van der Waals surface area contributed by atoms with Crippen LogP contribution in [-0.2, 0) is 22.5 Å². The van der Waals surface area contributed by atoms with Crippen LogP contribution in [0.1, 0.15) is 47.8 Å². The van der Waals surface area contributed by atoms with Gasteiger partial charge < -0.3 is 25.3 Å². The minimum Gasteiger partial charge on any atom is -0.449 e. The van der Waals surface area contributed by atoms with Crippen molar-refractivity contribution >= 4 is 39.2 Å². The number of hydrogen-bond donors (Lipinski definition) is 4. The molecule has 5 aromatic carbocycles. The van der Waals surface area contributed by atoms with Crippen LogP contribution in [0.3, 0.4) is 0 Å². The van der Waals surface area contributed by atoms with E-state index in [1.54, 1.807) is 6.20 Å². The number of hydrogen-bond acceptors (Lipinski definition) is 4. The third-order valence-corrected chi connectivity index (χ3v) is 10.1. The molecule has 0 fully saturated rings. The van der Waals surface area contributed by atoms with E-state index in [1.807, 2.05) is 110 Å². The number of aryl methyl sites for hydroxylation is 1. The second kappa shape index (κ2) is 17.0. The molecule has 8 heteroatoms. The Kier molecular flexibility index (Phi) is 11.3. The van der Waals surface area contributed by atoms with Crippen molar-refractivity contribution in [3.8, 4) is 11.3 Å². The number of alkyl carbamates (subject to hydrolysis) is 1. The standard InChI is InChI=1S/C38H36N4O3.C9H9N/c1-3-11-30-25(2)31-16-9-10-17-32(31)33(30)24-45-38(44)42-34(21-26-18-19-27-12-7-8-15-29(27)20-26)37(43)40-23-36-39-22-35(41-36)28-13-5-4-6-14-28;1-7-6-10-9-5-3-2-4-8(7)9/h3-20,22,33-34H,21,23-24H2,1-2H3,(H,39,41)(H,40,43)(H,42,44);2-6,10H,1H3/b11-3-;. The van der Waals surface area contributed by atoms with E-state index in [4.69, 9.17) is 4.74 Å². The van der Waals surface area contributed by atoms with Crippen LogP contribution in [-0.4, -0.2) is 39.6 Å². The largest absolute Gasteiger partial charge is 0.449 e. The van der Waals surface area contributed by atoms with Crippen LogP contribution >= 0.6 is 0 Å². The molecule has 8 nitrogen and oxygen atoms in total. The molecule has 2 amide bonds. The Hall–Kier alpha value is -6.67. The molecule has 0 spiro atoms. The maximum Gasteiger partial charge on any atom is 0.407 e. The molecule has 276 valence electrons. The number of allylic oxidation sites excluding steroid dienone is 3. The molecule has 55 heavy (non-hydrogen) atoms. The fourth-order valence-corrected chi connectivity index (χ4v) is 7.21. The summed E-state index contributed by atoms with van der Waals surface area (Å²) in [5.74, 6) is 0.218. The summed E-state index contributed by atoms with van der Waals surface area (Å²) in [6.45, 7) is 6.54. The highest BCUT2D eigenvalue weighted by Gasteiger charge is 2.29. The molecule has 1 aliphatic rings. The van der Waals surface area contributed by atoms with E-state index in [0.717, 1.165) is 38.7 Å². The van der Waals surface area contributed by atoms with Gasteiger partial charge in [0.1, 0.15) is 18.5 Å². The Morgan fingerprint density at radius 1 is 0.873 bits per heavy atom. The molecule has 0 saturated carbocycles. The topological polar surface area (TPSA) is 112 Å². The van der Waals surface area contributed by atoms with Gasteiger partial charge >= 0.3 is 6.09 Å². The normalized spacial score (nSPS) is 14.1. The van der Waals surface area contributed by atoms with Crippen LogP contribution in [0.5, 0.6) is 0 Å². The van der Waals surface area contributed by atoms with Crippen molar-refractivity contribution in [2.24, 2.45) is 0 Å². The average Bonchev–Trinajstić information content (AvgIpc) is 3.93. The van der Waals surface area contributed by atoms with Crippen LogP contribution in [0, 0.1) is 6.92 Å². The van der Waals surface area contributed by atoms with Crippen molar-refractivity contribution in [1.29, 1.82) is 0 Å². The summed E-state index contributed by atoms with van der Waals surface area (Å²) in [5, 5.41) is 9.30. The van der Waals surface area contributed by atoms with E-state index in [1.165, 1.54) is 27.6 Å². The van der Waals surface area contributed by atoms with Crippen LogP contribution in [0.2, 0.25) is 0 Å². The highest BCUT2D eigenvalue weighted by Crippen LogP contribution is 2.42. The Bertz CT molecular complexity index is 2490. The fraction of sp³-hybridized carbons (Fsp3) is 0.170. The lowest BCUT2D eigenvalue weighted by Crippen LogP contribution is -2.48. The van der Waals surface area contributed by atoms with Gasteiger partial charge in [-0.1, -0.05) is 127 Å². The minimum atomic E-state index is -0.856. The predicted molar refractivity (Wildman–Crippen MR) is 221 cm³/mol. The van der Waals surface area contributed by atoms with Crippen molar-refractivity contribution in [1.82, 2.24) is 25.6 Å². The zero-order valence-corrected chi connectivity index (χ0v) is 31.3. The average molecular weight is 728 g/mol. The number of rotatable bonds is 10. The molecule has 2 atom stereocenters. The Balaban J connectivity index is 0.000000400. The summed E-state index contributed by atoms with van der Waals surface area (Å²) in [6, 6.07) is 39.7. The summed E-state index contributed by atoms with van der Waals surface area (Å²) >= 11 is 0. The molecule has 0 saturated heterocycles. The van der Waals surface area contributed by atoms with Gasteiger partial charge in [-0.05, 0) is 76.6 Å². The summed E-state index contributed by atoms with van der Waals surface area (Å²) < 4.78 is 5.79. The maximum atomic E-state index is 13.6. The van der Waals surface area contributed by atoms with E-state index >= 15 is 0 Å². The van der Waals surface area contributed by atoms with Gasteiger partial charge in [0.15, 0.2) is 0 Å². The third-order valence-electron chi connectivity index (χ3n) is 10.1. The number of benzene rings is 5. The lowest BCUT2D eigenvalue weighted by atomic mass is 9.96. The van der Waals surface area contributed by atoms with E-state index in [9.17, 15) is 9.59 Å². The van der Waals surface area contributed by atoms with Gasteiger partial charge in [0.2, 0.25) is 5.91 Å². The van der Waals surface area contributed by atoms with Gasteiger partial charge in [-0.15, -0.1) is 0 Å². The van der Waals surface area contributed by atoms with Gasteiger partial charge in [-0.2, -0.15) is 0 Å². The Morgan fingerprint density at radius 2 is 1.62 bits per heavy atom.